The van der Waals surface area contributed by atoms with Crippen LogP contribution in [0.4, 0.5) is 0 Å². The monoisotopic (exact) mass is 483 g/mol. The van der Waals surface area contributed by atoms with E-state index in [4.69, 9.17) is 4.52 Å². The van der Waals surface area contributed by atoms with Crippen molar-refractivity contribution < 1.29 is 9.32 Å². The standard InChI is InChI=1S/C19H25N5O2.HI/c1-3-20-19(24-11-9-23(10-12-24)15(2)25)21-14-17-13-18(26-22-17)16-7-5-4-6-8-16;/h4-8,13H,3,9-12,14H2,1-2H3,(H,20,21);1H. The van der Waals surface area contributed by atoms with Crippen molar-refractivity contribution in [2.75, 3.05) is 32.7 Å². The Morgan fingerprint density at radius 2 is 1.85 bits per heavy atom. The first-order valence-electron chi connectivity index (χ1n) is 8.97. The van der Waals surface area contributed by atoms with Crippen molar-refractivity contribution >= 4 is 35.8 Å². The van der Waals surface area contributed by atoms with Gasteiger partial charge in [0.15, 0.2) is 11.7 Å². The molecule has 1 amide bonds. The molecule has 0 aliphatic carbocycles. The second-order valence-corrected chi connectivity index (χ2v) is 6.21. The lowest BCUT2D eigenvalue weighted by Crippen LogP contribution is -2.53. The van der Waals surface area contributed by atoms with Crippen molar-refractivity contribution in [2.45, 2.75) is 20.4 Å². The van der Waals surface area contributed by atoms with Crippen molar-refractivity contribution in [3.05, 3.63) is 42.1 Å². The molecule has 1 aromatic heterocycles. The average molecular weight is 483 g/mol. The van der Waals surface area contributed by atoms with Gasteiger partial charge in [-0.15, -0.1) is 24.0 Å². The zero-order valence-corrected chi connectivity index (χ0v) is 18.1. The highest BCUT2D eigenvalue weighted by molar-refractivity contribution is 14.0. The lowest BCUT2D eigenvalue weighted by molar-refractivity contribution is -0.130. The first-order chi connectivity index (χ1) is 12.7. The fraction of sp³-hybridized carbons (Fsp3) is 0.421. The Hall–Kier alpha value is -2.10. The van der Waals surface area contributed by atoms with Crippen LogP contribution in [0.1, 0.15) is 19.5 Å². The highest BCUT2D eigenvalue weighted by Gasteiger charge is 2.21. The van der Waals surface area contributed by atoms with Crippen molar-refractivity contribution in [1.82, 2.24) is 20.3 Å². The number of rotatable bonds is 4. The summed E-state index contributed by atoms with van der Waals surface area (Å²) in [4.78, 5) is 20.2. The second-order valence-electron chi connectivity index (χ2n) is 6.21. The Morgan fingerprint density at radius 1 is 1.19 bits per heavy atom. The highest BCUT2D eigenvalue weighted by atomic mass is 127. The summed E-state index contributed by atoms with van der Waals surface area (Å²) in [6.45, 7) is 7.91. The zero-order chi connectivity index (χ0) is 18.4. The normalized spacial score (nSPS) is 14.7. The van der Waals surface area contributed by atoms with E-state index >= 15 is 0 Å². The summed E-state index contributed by atoms with van der Waals surface area (Å²) in [5.41, 5.74) is 1.80. The third kappa shape index (κ3) is 5.69. The predicted molar refractivity (Wildman–Crippen MR) is 116 cm³/mol. The molecule has 27 heavy (non-hydrogen) atoms. The number of aromatic nitrogens is 1. The summed E-state index contributed by atoms with van der Waals surface area (Å²) < 4.78 is 5.43. The summed E-state index contributed by atoms with van der Waals surface area (Å²) in [7, 11) is 0. The van der Waals surface area contributed by atoms with E-state index in [-0.39, 0.29) is 29.9 Å². The number of piperazine rings is 1. The quantitative estimate of drug-likeness (QED) is 0.411. The van der Waals surface area contributed by atoms with Crippen molar-refractivity contribution in [3.8, 4) is 11.3 Å². The van der Waals surface area contributed by atoms with E-state index in [1.165, 1.54) is 0 Å². The lowest BCUT2D eigenvalue weighted by Gasteiger charge is -2.36. The summed E-state index contributed by atoms with van der Waals surface area (Å²) in [5, 5.41) is 7.44. The number of benzene rings is 1. The molecule has 2 heterocycles. The summed E-state index contributed by atoms with van der Waals surface area (Å²) in [5.74, 6) is 1.72. The number of nitrogens with zero attached hydrogens (tertiary/aromatic N) is 4. The maximum absolute atomic E-state index is 11.5. The molecule has 0 spiro atoms. The lowest BCUT2D eigenvalue weighted by atomic mass is 10.2. The van der Waals surface area contributed by atoms with Gasteiger partial charge >= 0.3 is 0 Å². The van der Waals surface area contributed by atoms with E-state index in [0.29, 0.717) is 6.54 Å². The van der Waals surface area contributed by atoms with Crippen LogP contribution in [0.25, 0.3) is 11.3 Å². The smallest absolute Gasteiger partial charge is 0.219 e. The zero-order valence-electron chi connectivity index (χ0n) is 15.7. The number of guanidine groups is 1. The van der Waals surface area contributed by atoms with Crippen LogP contribution in [-0.2, 0) is 11.3 Å². The summed E-state index contributed by atoms with van der Waals surface area (Å²) in [6, 6.07) is 11.8. The molecule has 146 valence electrons. The molecule has 1 aliphatic rings. The topological polar surface area (TPSA) is 74.0 Å². The molecule has 1 aliphatic heterocycles. The van der Waals surface area contributed by atoms with Crippen LogP contribution in [0.2, 0.25) is 0 Å². The minimum Gasteiger partial charge on any atom is -0.357 e. The number of hydrogen-bond donors (Lipinski definition) is 1. The van der Waals surface area contributed by atoms with Gasteiger partial charge in [-0.05, 0) is 6.92 Å². The van der Waals surface area contributed by atoms with Gasteiger partial charge in [0, 0.05) is 51.3 Å². The van der Waals surface area contributed by atoms with Crippen molar-refractivity contribution in [3.63, 3.8) is 0 Å². The molecule has 3 rings (SSSR count). The van der Waals surface area contributed by atoms with Gasteiger partial charge in [-0.3, -0.25) is 4.79 Å². The van der Waals surface area contributed by atoms with Gasteiger partial charge in [-0.25, -0.2) is 4.99 Å². The van der Waals surface area contributed by atoms with Crippen LogP contribution < -0.4 is 5.32 Å². The maximum Gasteiger partial charge on any atom is 0.219 e. The van der Waals surface area contributed by atoms with E-state index in [0.717, 1.165) is 55.7 Å². The molecule has 1 N–H and O–H groups in total. The molecule has 7 nitrogen and oxygen atoms in total. The number of carbonyl (C=O) groups excluding carboxylic acids is 1. The number of carbonyl (C=O) groups is 1. The molecule has 0 atom stereocenters. The minimum atomic E-state index is 0. The van der Waals surface area contributed by atoms with Gasteiger partial charge in [0.1, 0.15) is 5.69 Å². The Labute approximate surface area is 176 Å². The summed E-state index contributed by atoms with van der Waals surface area (Å²) >= 11 is 0. The van der Waals surface area contributed by atoms with Crippen LogP contribution in [0.15, 0.2) is 45.9 Å². The van der Waals surface area contributed by atoms with Crippen LogP contribution in [0.3, 0.4) is 0 Å². The molecule has 8 heteroatoms. The first-order valence-corrected chi connectivity index (χ1v) is 8.97. The van der Waals surface area contributed by atoms with E-state index in [9.17, 15) is 4.79 Å². The Bertz CT molecular complexity index is 754. The molecule has 0 saturated carbocycles. The Balaban J connectivity index is 0.00000261. The van der Waals surface area contributed by atoms with Gasteiger partial charge in [-0.2, -0.15) is 0 Å². The second kappa shape index (κ2) is 10.3. The summed E-state index contributed by atoms with van der Waals surface area (Å²) in [6.07, 6.45) is 0. The molecule has 0 radical (unpaired) electrons. The number of halogens is 1. The molecule has 1 saturated heterocycles. The molecule has 1 fully saturated rings. The van der Waals surface area contributed by atoms with Gasteiger partial charge in [0.2, 0.25) is 5.91 Å². The van der Waals surface area contributed by atoms with Gasteiger partial charge in [0.25, 0.3) is 0 Å². The minimum absolute atomic E-state index is 0. The maximum atomic E-state index is 11.5. The van der Waals surface area contributed by atoms with E-state index < -0.39 is 0 Å². The van der Waals surface area contributed by atoms with Gasteiger partial charge in [0.05, 0.1) is 6.54 Å². The van der Waals surface area contributed by atoms with Crippen LogP contribution >= 0.6 is 24.0 Å². The first kappa shape index (κ1) is 21.2. The van der Waals surface area contributed by atoms with Crippen molar-refractivity contribution in [1.29, 1.82) is 0 Å². The van der Waals surface area contributed by atoms with Gasteiger partial charge in [-0.1, -0.05) is 35.5 Å². The Kier molecular flexibility index (Phi) is 8.08. The van der Waals surface area contributed by atoms with Crippen LogP contribution in [-0.4, -0.2) is 59.5 Å². The van der Waals surface area contributed by atoms with E-state index in [1.54, 1.807) is 6.92 Å². The van der Waals surface area contributed by atoms with Crippen LogP contribution in [0.5, 0.6) is 0 Å². The van der Waals surface area contributed by atoms with Crippen LogP contribution in [0, 0.1) is 0 Å². The largest absolute Gasteiger partial charge is 0.357 e. The number of amides is 1. The van der Waals surface area contributed by atoms with Crippen molar-refractivity contribution in [2.24, 2.45) is 4.99 Å². The third-order valence-electron chi connectivity index (χ3n) is 4.37. The molecule has 0 bridgehead atoms. The average Bonchev–Trinajstić information content (AvgIpc) is 3.15. The predicted octanol–water partition coefficient (Wildman–Crippen LogP) is 2.59. The molecular formula is C19H26IN5O2. The molecule has 0 unspecified atom stereocenters. The highest BCUT2D eigenvalue weighted by Crippen LogP contribution is 2.20. The number of aliphatic imine (C=N–C) groups is 1. The third-order valence-corrected chi connectivity index (χ3v) is 4.37. The SMILES string of the molecule is CCNC(=NCc1cc(-c2ccccc2)on1)N1CCN(C(C)=O)CC1.I. The molecular weight excluding hydrogens is 457 g/mol. The fourth-order valence-corrected chi connectivity index (χ4v) is 2.94. The number of hydrogen-bond acceptors (Lipinski definition) is 4. The fourth-order valence-electron chi connectivity index (χ4n) is 2.94. The van der Waals surface area contributed by atoms with E-state index in [1.807, 2.05) is 48.2 Å². The van der Waals surface area contributed by atoms with E-state index in [2.05, 4.69) is 20.4 Å². The molecule has 2 aromatic rings. The number of nitrogens with one attached hydrogen (secondary N) is 1. The molecule has 1 aromatic carbocycles. The van der Waals surface area contributed by atoms with Gasteiger partial charge < -0.3 is 19.6 Å². The Morgan fingerprint density at radius 3 is 2.48 bits per heavy atom.